The van der Waals surface area contributed by atoms with Crippen molar-refractivity contribution in [2.45, 2.75) is 103 Å². The molecule has 43 heavy (non-hydrogen) atoms. The third kappa shape index (κ3) is 9.04. The van der Waals surface area contributed by atoms with Gasteiger partial charge in [-0.2, -0.15) is 0 Å². The third-order valence-corrected chi connectivity index (χ3v) is 8.77. The quantitative estimate of drug-likeness (QED) is 0.278. The van der Waals surface area contributed by atoms with E-state index in [0.29, 0.717) is 19.3 Å². The number of esters is 1. The van der Waals surface area contributed by atoms with Crippen LogP contribution in [0.1, 0.15) is 66.7 Å². The summed E-state index contributed by atoms with van der Waals surface area (Å²) in [6.07, 6.45) is -1.72. The van der Waals surface area contributed by atoms with Gasteiger partial charge in [0, 0.05) is 39.5 Å². The number of amides is 5. The Kier molecular flexibility index (Phi) is 13.7. The van der Waals surface area contributed by atoms with Crippen molar-refractivity contribution in [2.24, 2.45) is 11.8 Å². The van der Waals surface area contributed by atoms with Gasteiger partial charge in [0.15, 0.2) is 6.10 Å². The highest BCUT2D eigenvalue weighted by atomic mass is 35.5. The van der Waals surface area contributed by atoms with Crippen LogP contribution in [0.4, 0.5) is 0 Å². The molecule has 2 unspecified atom stereocenters. The predicted molar refractivity (Wildman–Crippen MR) is 159 cm³/mol. The van der Waals surface area contributed by atoms with Crippen LogP contribution in [0.5, 0.6) is 0 Å². The second kappa shape index (κ2) is 16.2. The number of carbonyl (C=O) groups is 6. The SMILES string of the molecule is CCC(C)[C@@H]1NC(=O)[C@H]2CCCN2C(=O)[C@@H](CC(O)CCl)OC(=O)CCNC(=O)[C@H](C)N(C)C(=O)[C@H](C(C)C)N(C)C1=O. The zero-order valence-electron chi connectivity index (χ0n) is 26.3. The second-order valence-corrected chi connectivity index (χ2v) is 12.2. The predicted octanol–water partition coefficient (Wildman–Crippen LogP) is 0.260. The van der Waals surface area contributed by atoms with Gasteiger partial charge in [0.25, 0.3) is 5.91 Å². The van der Waals surface area contributed by atoms with Gasteiger partial charge in [-0.3, -0.25) is 28.8 Å². The monoisotopic (exact) mass is 629 g/mol. The van der Waals surface area contributed by atoms with Crippen molar-refractivity contribution in [1.82, 2.24) is 25.3 Å². The first-order valence-electron chi connectivity index (χ1n) is 15.0. The van der Waals surface area contributed by atoms with Crippen LogP contribution in [-0.4, -0.2) is 125 Å². The molecule has 2 fully saturated rings. The summed E-state index contributed by atoms with van der Waals surface area (Å²) in [6, 6.07) is -3.77. The lowest BCUT2D eigenvalue weighted by Gasteiger charge is -2.38. The number of alkyl halides is 1. The van der Waals surface area contributed by atoms with Crippen LogP contribution < -0.4 is 10.6 Å². The lowest BCUT2D eigenvalue weighted by atomic mass is 9.94. The van der Waals surface area contributed by atoms with Gasteiger partial charge >= 0.3 is 5.97 Å². The van der Waals surface area contributed by atoms with E-state index in [1.54, 1.807) is 13.8 Å². The summed E-state index contributed by atoms with van der Waals surface area (Å²) in [4.78, 5) is 84.3. The number of nitrogens with zero attached hydrogens (tertiary/aromatic N) is 3. The number of nitrogens with one attached hydrogen (secondary N) is 2. The first-order valence-corrected chi connectivity index (χ1v) is 15.5. The van der Waals surface area contributed by atoms with Crippen LogP contribution in [0.3, 0.4) is 0 Å². The average molecular weight is 630 g/mol. The molecule has 0 aromatic heterocycles. The van der Waals surface area contributed by atoms with E-state index in [2.05, 4.69) is 10.6 Å². The summed E-state index contributed by atoms with van der Waals surface area (Å²) in [7, 11) is 2.98. The maximum absolute atomic E-state index is 13.9. The van der Waals surface area contributed by atoms with Crippen molar-refractivity contribution in [3.63, 3.8) is 0 Å². The smallest absolute Gasteiger partial charge is 0.308 e. The van der Waals surface area contributed by atoms with E-state index >= 15 is 0 Å². The molecule has 2 rings (SSSR count). The van der Waals surface area contributed by atoms with Crippen LogP contribution in [0, 0.1) is 11.8 Å². The van der Waals surface area contributed by atoms with E-state index in [9.17, 15) is 33.9 Å². The first-order chi connectivity index (χ1) is 20.2. The van der Waals surface area contributed by atoms with Gasteiger partial charge in [0.05, 0.1) is 12.5 Å². The van der Waals surface area contributed by atoms with Crippen molar-refractivity contribution < 1.29 is 38.6 Å². The van der Waals surface area contributed by atoms with Gasteiger partial charge in [-0.1, -0.05) is 34.1 Å². The molecule has 244 valence electrons. The molecule has 0 saturated carbocycles. The van der Waals surface area contributed by atoms with Crippen LogP contribution in [-0.2, 0) is 33.5 Å². The molecule has 2 aliphatic heterocycles. The van der Waals surface area contributed by atoms with Crippen molar-refractivity contribution in [3.05, 3.63) is 0 Å². The molecule has 13 nitrogen and oxygen atoms in total. The number of aliphatic hydroxyl groups excluding tert-OH is 1. The molecule has 0 aliphatic carbocycles. The van der Waals surface area contributed by atoms with Crippen molar-refractivity contribution in [1.29, 1.82) is 0 Å². The van der Waals surface area contributed by atoms with Crippen LogP contribution in [0.25, 0.3) is 0 Å². The fourth-order valence-electron chi connectivity index (χ4n) is 5.41. The lowest BCUT2D eigenvalue weighted by Crippen LogP contribution is -2.60. The Morgan fingerprint density at radius 2 is 1.65 bits per heavy atom. The highest BCUT2D eigenvalue weighted by Gasteiger charge is 2.43. The summed E-state index contributed by atoms with van der Waals surface area (Å²) >= 11 is 5.76. The minimum absolute atomic E-state index is 0.125. The number of carbonyl (C=O) groups excluding carboxylic acids is 6. The molecule has 2 saturated heterocycles. The highest BCUT2D eigenvalue weighted by molar-refractivity contribution is 6.18. The van der Waals surface area contributed by atoms with Gasteiger partial charge in [-0.15, -0.1) is 11.6 Å². The Morgan fingerprint density at radius 1 is 1.00 bits per heavy atom. The summed E-state index contributed by atoms with van der Waals surface area (Å²) in [5, 5.41) is 15.6. The van der Waals surface area contributed by atoms with Crippen molar-refractivity contribution in [3.8, 4) is 0 Å². The number of hydrogen-bond donors (Lipinski definition) is 3. The number of ether oxygens (including phenoxy) is 1. The van der Waals surface area contributed by atoms with Crippen LogP contribution in [0.15, 0.2) is 0 Å². The minimum Gasteiger partial charge on any atom is -0.452 e. The van der Waals surface area contributed by atoms with Gasteiger partial charge in [0.2, 0.25) is 23.6 Å². The van der Waals surface area contributed by atoms with Gasteiger partial charge in [0.1, 0.15) is 24.2 Å². The third-order valence-electron chi connectivity index (χ3n) is 8.41. The molecule has 14 heteroatoms. The van der Waals surface area contributed by atoms with Crippen molar-refractivity contribution in [2.75, 3.05) is 33.1 Å². The molecule has 2 heterocycles. The molecule has 0 aromatic carbocycles. The van der Waals surface area contributed by atoms with E-state index in [4.69, 9.17) is 16.3 Å². The molecule has 0 bridgehead atoms. The number of cyclic esters (lactones) is 1. The zero-order chi connectivity index (χ0) is 32.6. The average Bonchev–Trinajstić information content (AvgIpc) is 3.46. The molecule has 0 spiro atoms. The number of halogens is 1. The molecular weight excluding hydrogens is 582 g/mol. The summed E-state index contributed by atoms with van der Waals surface area (Å²) in [6.45, 7) is 8.91. The molecular formula is C29H48ClN5O8. The summed E-state index contributed by atoms with van der Waals surface area (Å²) in [5.74, 6) is -4.24. The molecule has 3 N–H and O–H groups in total. The maximum atomic E-state index is 13.9. The van der Waals surface area contributed by atoms with E-state index in [-0.39, 0.29) is 43.6 Å². The minimum atomic E-state index is -1.40. The standard InChI is InChI=1S/C29H48ClN5O8/c1-8-17(4)23-28(41)34(7)24(16(2)3)29(42)33(6)18(5)25(38)31-12-11-22(37)43-21(14-19(36)15-30)27(40)35-13-9-10-20(35)26(39)32-23/h16-21,23-24,36H,8-15H2,1-7H3,(H,31,38)(H,32,39)/t17?,18-,19?,20+,21+,23-,24-/m0/s1. The van der Waals surface area contributed by atoms with Gasteiger partial charge in [-0.25, -0.2) is 0 Å². The molecule has 2 aliphatic rings. The number of hydrogen-bond acceptors (Lipinski definition) is 8. The van der Waals surface area contributed by atoms with E-state index in [1.807, 2.05) is 13.8 Å². The van der Waals surface area contributed by atoms with E-state index in [1.165, 1.54) is 35.7 Å². The lowest BCUT2D eigenvalue weighted by molar-refractivity contribution is -0.163. The van der Waals surface area contributed by atoms with E-state index < -0.39 is 71.9 Å². The summed E-state index contributed by atoms with van der Waals surface area (Å²) < 4.78 is 5.44. The van der Waals surface area contributed by atoms with Crippen LogP contribution >= 0.6 is 11.6 Å². The number of fused-ring (bicyclic) bond motifs is 1. The van der Waals surface area contributed by atoms with Crippen LogP contribution in [0.2, 0.25) is 0 Å². The topological polar surface area (TPSA) is 166 Å². The van der Waals surface area contributed by atoms with Gasteiger partial charge in [-0.05, 0) is 31.6 Å². The number of likely N-dealkylation sites (N-methyl/N-ethyl adjacent to an activating group) is 2. The number of rotatable bonds is 6. The number of aliphatic hydroxyl groups is 1. The normalized spacial score (nSPS) is 28.9. The Labute approximate surface area is 259 Å². The molecule has 7 atom stereocenters. The van der Waals surface area contributed by atoms with E-state index in [0.717, 1.165) is 0 Å². The molecule has 0 aromatic rings. The Balaban J connectivity index is 2.54. The maximum Gasteiger partial charge on any atom is 0.308 e. The first kappa shape index (κ1) is 36.3. The Bertz CT molecular complexity index is 1040. The molecule has 5 amide bonds. The van der Waals surface area contributed by atoms with Gasteiger partial charge < -0.3 is 35.2 Å². The fourth-order valence-corrected chi connectivity index (χ4v) is 5.54. The largest absolute Gasteiger partial charge is 0.452 e. The fraction of sp³-hybridized carbons (Fsp3) is 0.793. The Morgan fingerprint density at radius 3 is 2.23 bits per heavy atom. The zero-order valence-corrected chi connectivity index (χ0v) is 27.1. The highest BCUT2D eigenvalue weighted by Crippen LogP contribution is 2.23. The Hall–Kier alpha value is -2.93. The van der Waals surface area contributed by atoms with Crippen molar-refractivity contribution >= 4 is 47.1 Å². The second-order valence-electron chi connectivity index (χ2n) is 11.9. The summed E-state index contributed by atoms with van der Waals surface area (Å²) in [5.41, 5.74) is 0. The molecule has 0 radical (unpaired) electrons.